The van der Waals surface area contributed by atoms with Crippen molar-refractivity contribution in [1.82, 2.24) is 0 Å². The molecule has 0 amide bonds. The summed E-state index contributed by atoms with van der Waals surface area (Å²) in [4.78, 5) is 9.81. The number of carboxylic acid groups (broad SMARTS) is 1. The van der Waals surface area contributed by atoms with E-state index in [0.717, 1.165) is 0 Å². The molecule has 0 saturated heterocycles. The maximum absolute atomic E-state index is 9.81. The summed E-state index contributed by atoms with van der Waals surface area (Å²) in [5.41, 5.74) is 1.18. The lowest BCUT2D eigenvalue weighted by Crippen LogP contribution is -1.99. The van der Waals surface area contributed by atoms with Gasteiger partial charge < -0.3 is 10.6 Å². The van der Waals surface area contributed by atoms with Crippen LogP contribution in [0.2, 0.25) is 0 Å². The molecule has 0 aliphatic carbocycles. The van der Waals surface area contributed by atoms with Crippen molar-refractivity contribution in [2.24, 2.45) is 5.92 Å². The van der Waals surface area contributed by atoms with E-state index in [9.17, 15) is 4.79 Å². The molecule has 0 atom stereocenters. The average Bonchev–Trinajstić information content (AvgIpc) is 2.18. The molecule has 92 valence electrons. The van der Waals surface area contributed by atoms with Crippen LogP contribution in [0.4, 0.5) is 0 Å². The first-order valence-electron chi connectivity index (χ1n) is 4.88. The summed E-state index contributed by atoms with van der Waals surface area (Å²) in [6, 6.07) is 9.96. The molecular weight excluding hydrogens is 228 g/mol. The highest BCUT2D eigenvalue weighted by Crippen LogP contribution is 2.00. The lowest BCUT2D eigenvalue weighted by molar-refractivity contribution is -0.137. The monoisotopic (exact) mass is 246 g/mol. The number of halogens is 1. The van der Waals surface area contributed by atoms with Gasteiger partial charge in [0, 0.05) is 12.3 Å². The predicted octanol–water partition coefficient (Wildman–Crippen LogP) is 2.72. The van der Waals surface area contributed by atoms with Gasteiger partial charge in [0.25, 0.3) is 0 Å². The smallest absolute Gasteiger partial charge is 0.303 e. The summed E-state index contributed by atoms with van der Waals surface area (Å²) in [7, 11) is 0. The third-order valence-electron chi connectivity index (χ3n) is 1.58. The van der Waals surface area contributed by atoms with E-state index in [-0.39, 0.29) is 17.8 Å². The topological polar surface area (TPSA) is 68.8 Å². The minimum Gasteiger partial charge on any atom is -0.481 e. The molecule has 0 heterocycles. The second-order valence-corrected chi connectivity index (χ2v) is 3.88. The van der Waals surface area contributed by atoms with Crippen LogP contribution < -0.4 is 0 Å². The Morgan fingerprint density at radius 3 is 2.00 bits per heavy atom. The van der Waals surface area contributed by atoms with Crippen LogP contribution in [-0.2, 0) is 10.7 Å². The van der Waals surface area contributed by atoms with E-state index in [2.05, 4.69) is 0 Å². The van der Waals surface area contributed by atoms with Crippen LogP contribution in [0.1, 0.15) is 25.8 Å². The van der Waals surface area contributed by atoms with E-state index in [1.807, 2.05) is 44.2 Å². The zero-order chi connectivity index (χ0) is 11.7. The minimum atomic E-state index is -0.713. The van der Waals surface area contributed by atoms with Crippen molar-refractivity contribution in [1.29, 1.82) is 0 Å². The van der Waals surface area contributed by atoms with Crippen molar-refractivity contribution in [3.63, 3.8) is 0 Å². The second-order valence-electron chi connectivity index (χ2n) is 3.61. The van der Waals surface area contributed by atoms with Gasteiger partial charge in [0.2, 0.25) is 0 Å². The number of alkyl halides is 1. The van der Waals surface area contributed by atoms with Gasteiger partial charge >= 0.3 is 5.97 Å². The third-order valence-corrected chi connectivity index (χ3v) is 1.89. The Hall–Kier alpha value is -1.06. The van der Waals surface area contributed by atoms with Crippen LogP contribution in [0.25, 0.3) is 0 Å². The molecule has 0 aliphatic heterocycles. The molecule has 3 N–H and O–H groups in total. The highest BCUT2D eigenvalue weighted by molar-refractivity contribution is 6.17. The highest BCUT2D eigenvalue weighted by Gasteiger charge is 1.98. The van der Waals surface area contributed by atoms with Gasteiger partial charge in [-0.3, -0.25) is 4.79 Å². The summed E-state index contributed by atoms with van der Waals surface area (Å²) in [6.45, 7) is 3.77. The maximum atomic E-state index is 9.81. The van der Waals surface area contributed by atoms with E-state index in [1.54, 1.807) is 0 Å². The molecular formula is C12H19ClO3. The Bertz CT molecular complexity index is 273. The minimum absolute atomic E-state index is 0. The van der Waals surface area contributed by atoms with Crippen LogP contribution in [0, 0.1) is 5.92 Å². The van der Waals surface area contributed by atoms with Crippen LogP contribution in [0.15, 0.2) is 30.3 Å². The Morgan fingerprint density at radius 1 is 1.31 bits per heavy atom. The lowest BCUT2D eigenvalue weighted by atomic mass is 10.1. The maximum Gasteiger partial charge on any atom is 0.303 e. The molecule has 3 nitrogen and oxygen atoms in total. The van der Waals surface area contributed by atoms with Crippen LogP contribution >= 0.6 is 11.6 Å². The second kappa shape index (κ2) is 10.5. The van der Waals surface area contributed by atoms with Crippen LogP contribution in [0.5, 0.6) is 0 Å². The molecule has 0 fully saturated rings. The fourth-order valence-electron chi connectivity index (χ4n) is 0.916. The molecule has 4 heteroatoms. The zero-order valence-corrected chi connectivity index (χ0v) is 10.4. The number of hydrogen-bond acceptors (Lipinski definition) is 1. The summed E-state index contributed by atoms with van der Waals surface area (Å²) >= 11 is 5.53. The predicted molar refractivity (Wildman–Crippen MR) is 66.7 cm³/mol. The summed E-state index contributed by atoms with van der Waals surface area (Å²) in [5.74, 6) is 0.174. The van der Waals surface area contributed by atoms with Crippen molar-refractivity contribution in [3.05, 3.63) is 35.9 Å². The van der Waals surface area contributed by atoms with E-state index >= 15 is 0 Å². The quantitative estimate of drug-likeness (QED) is 0.833. The first-order valence-corrected chi connectivity index (χ1v) is 5.41. The number of aliphatic carboxylic acids is 1. The van der Waals surface area contributed by atoms with Crippen molar-refractivity contribution < 1.29 is 15.4 Å². The molecule has 0 radical (unpaired) electrons. The van der Waals surface area contributed by atoms with E-state index in [1.165, 1.54) is 5.56 Å². The Balaban J connectivity index is 0. The third kappa shape index (κ3) is 11.0. The molecule has 0 bridgehead atoms. The van der Waals surface area contributed by atoms with Gasteiger partial charge in [-0.2, -0.15) is 0 Å². The van der Waals surface area contributed by atoms with Crippen molar-refractivity contribution in [2.45, 2.75) is 26.1 Å². The molecule has 0 spiro atoms. The Morgan fingerprint density at radius 2 is 1.81 bits per heavy atom. The molecule has 0 unspecified atom stereocenters. The molecule has 0 aliphatic rings. The van der Waals surface area contributed by atoms with E-state index < -0.39 is 5.97 Å². The number of hydrogen-bond donors (Lipinski definition) is 1. The molecule has 0 aromatic heterocycles. The summed E-state index contributed by atoms with van der Waals surface area (Å²) in [5, 5.41) is 8.08. The number of carboxylic acids is 1. The van der Waals surface area contributed by atoms with Gasteiger partial charge in [-0.05, 0) is 11.5 Å². The first-order chi connectivity index (χ1) is 7.06. The van der Waals surface area contributed by atoms with Crippen LogP contribution in [-0.4, -0.2) is 16.6 Å². The SMILES string of the molecule is CC(C)CC(=O)O.ClCc1ccccc1.O. The largest absolute Gasteiger partial charge is 0.481 e. The van der Waals surface area contributed by atoms with Gasteiger partial charge in [0.05, 0.1) is 0 Å². The molecule has 1 aromatic rings. The normalized spacial score (nSPS) is 8.75. The van der Waals surface area contributed by atoms with Gasteiger partial charge in [0.15, 0.2) is 0 Å². The average molecular weight is 247 g/mol. The molecule has 1 rings (SSSR count). The number of rotatable bonds is 3. The molecule has 0 saturated carbocycles. The molecule has 16 heavy (non-hydrogen) atoms. The van der Waals surface area contributed by atoms with Crippen molar-refractivity contribution >= 4 is 17.6 Å². The van der Waals surface area contributed by atoms with E-state index in [4.69, 9.17) is 16.7 Å². The first kappa shape index (κ1) is 17.3. The van der Waals surface area contributed by atoms with Crippen LogP contribution in [0.3, 0.4) is 0 Å². The Labute approximate surface area is 101 Å². The number of benzene rings is 1. The fourth-order valence-corrected chi connectivity index (χ4v) is 1.09. The van der Waals surface area contributed by atoms with E-state index in [0.29, 0.717) is 5.88 Å². The van der Waals surface area contributed by atoms with Crippen molar-refractivity contribution in [2.75, 3.05) is 0 Å². The highest BCUT2D eigenvalue weighted by atomic mass is 35.5. The molecule has 1 aromatic carbocycles. The fraction of sp³-hybridized carbons (Fsp3) is 0.417. The summed E-state index contributed by atoms with van der Waals surface area (Å²) < 4.78 is 0. The summed E-state index contributed by atoms with van der Waals surface area (Å²) in [6.07, 6.45) is 0.278. The lowest BCUT2D eigenvalue weighted by Gasteiger charge is -1.94. The van der Waals surface area contributed by atoms with Crippen molar-refractivity contribution in [3.8, 4) is 0 Å². The van der Waals surface area contributed by atoms with Gasteiger partial charge in [-0.1, -0.05) is 44.2 Å². The number of carbonyl (C=O) groups is 1. The van der Waals surface area contributed by atoms with Gasteiger partial charge in [0.1, 0.15) is 0 Å². The Kier molecular flexibility index (Phi) is 11.3. The van der Waals surface area contributed by atoms with Gasteiger partial charge in [-0.25, -0.2) is 0 Å². The van der Waals surface area contributed by atoms with Gasteiger partial charge in [-0.15, -0.1) is 11.6 Å². The zero-order valence-electron chi connectivity index (χ0n) is 9.61. The standard InChI is InChI=1S/C7H7Cl.C5H10O2.H2O/c8-6-7-4-2-1-3-5-7;1-4(2)3-5(6)7;/h1-5H,6H2;4H,3H2,1-2H3,(H,6,7);1H2.